The average molecular weight is 293 g/mol. The number of ether oxygens (including phenoxy) is 1. The van der Waals surface area contributed by atoms with E-state index >= 15 is 0 Å². The van der Waals surface area contributed by atoms with E-state index in [1.165, 1.54) is 11.1 Å². The van der Waals surface area contributed by atoms with Crippen molar-refractivity contribution in [3.63, 3.8) is 0 Å². The van der Waals surface area contributed by atoms with Gasteiger partial charge in [0, 0.05) is 23.4 Å². The summed E-state index contributed by atoms with van der Waals surface area (Å²) in [7, 11) is 1.14. The molecule has 0 aromatic heterocycles. The van der Waals surface area contributed by atoms with E-state index in [0.29, 0.717) is 0 Å². The molecule has 0 radical (unpaired) electrons. The van der Waals surface area contributed by atoms with Gasteiger partial charge in [-0.05, 0) is 44.4 Å². The van der Waals surface area contributed by atoms with Crippen LogP contribution >= 0.6 is 0 Å². The fraction of sp³-hybridized carbons (Fsp3) is 0.625. The lowest BCUT2D eigenvalue weighted by Gasteiger charge is -2.34. The summed E-state index contributed by atoms with van der Waals surface area (Å²) in [6.07, 6.45) is 3.10. The molecule has 1 fully saturated rings. The zero-order valence-electron chi connectivity index (χ0n) is 12.2. The van der Waals surface area contributed by atoms with Crippen LogP contribution in [-0.2, 0) is 22.0 Å². The Hall–Kier alpha value is -0.710. The van der Waals surface area contributed by atoms with Gasteiger partial charge in [0.1, 0.15) is 0 Å². The van der Waals surface area contributed by atoms with E-state index in [9.17, 15) is 4.21 Å². The van der Waals surface area contributed by atoms with E-state index in [-0.39, 0.29) is 22.6 Å². The highest BCUT2D eigenvalue weighted by Gasteiger charge is 2.39. The minimum atomic E-state index is -0.837. The molecule has 1 aromatic rings. The molecule has 1 aliphatic heterocycles. The number of benzene rings is 1. The van der Waals surface area contributed by atoms with Crippen LogP contribution in [0, 0.1) is 0 Å². The van der Waals surface area contributed by atoms with E-state index in [2.05, 4.69) is 36.5 Å². The molecular formula is C16H23NO2S. The molecule has 3 rings (SSSR count). The van der Waals surface area contributed by atoms with Gasteiger partial charge < -0.3 is 10.1 Å². The number of fused-ring (bicyclic) bond motifs is 1. The molecule has 0 spiro atoms. The molecule has 4 heteroatoms. The van der Waals surface area contributed by atoms with Crippen molar-refractivity contribution in [1.29, 1.82) is 0 Å². The summed E-state index contributed by atoms with van der Waals surface area (Å²) in [6.45, 7) is 2.81. The van der Waals surface area contributed by atoms with Gasteiger partial charge in [-0.3, -0.25) is 4.21 Å². The minimum Gasteiger partial charge on any atom is -0.377 e. The van der Waals surface area contributed by atoms with Crippen LogP contribution in [0.3, 0.4) is 0 Å². The molecule has 110 valence electrons. The highest BCUT2D eigenvalue weighted by atomic mass is 32.2. The lowest BCUT2D eigenvalue weighted by molar-refractivity contribution is 0.126. The van der Waals surface area contributed by atoms with Crippen molar-refractivity contribution in [2.24, 2.45) is 0 Å². The standard InChI is InChI=1S/C16H23NO2S/c1-11-14(9-10-19-11)20(18)15-8-7-12-5-3-4-6-13(12)16(15)17-2/h3-6,11,14-17H,7-10H2,1-2H3. The fourth-order valence-electron chi connectivity index (χ4n) is 3.56. The molecule has 0 amide bonds. The molecule has 1 heterocycles. The second-order valence-corrected chi connectivity index (χ2v) is 7.64. The zero-order valence-corrected chi connectivity index (χ0v) is 13.0. The van der Waals surface area contributed by atoms with Gasteiger partial charge in [-0.15, -0.1) is 0 Å². The molecule has 0 saturated carbocycles. The second-order valence-electron chi connectivity index (χ2n) is 5.77. The van der Waals surface area contributed by atoms with Crippen LogP contribution in [0.1, 0.15) is 36.9 Å². The Morgan fingerprint density at radius 3 is 2.75 bits per heavy atom. The number of hydrogen-bond donors (Lipinski definition) is 1. The molecule has 5 unspecified atom stereocenters. The highest BCUT2D eigenvalue weighted by molar-refractivity contribution is 7.86. The molecule has 1 aliphatic carbocycles. The quantitative estimate of drug-likeness (QED) is 0.928. The van der Waals surface area contributed by atoms with Crippen molar-refractivity contribution in [1.82, 2.24) is 5.32 Å². The Bertz CT molecular complexity index is 505. The first-order chi connectivity index (χ1) is 9.72. The van der Waals surface area contributed by atoms with Gasteiger partial charge in [-0.1, -0.05) is 24.3 Å². The summed E-state index contributed by atoms with van der Waals surface area (Å²) in [6, 6.07) is 8.74. The van der Waals surface area contributed by atoms with E-state index in [4.69, 9.17) is 4.74 Å². The van der Waals surface area contributed by atoms with E-state index < -0.39 is 10.8 Å². The monoisotopic (exact) mass is 293 g/mol. The largest absolute Gasteiger partial charge is 0.377 e. The first-order valence-corrected chi connectivity index (χ1v) is 8.76. The van der Waals surface area contributed by atoms with Crippen molar-refractivity contribution >= 4 is 10.8 Å². The van der Waals surface area contributed by atoms with Crippen LogP contribution in [0.25, 0.3) is 0 Å². The molecule has 1 aromatic carbocycles. The Labute approximate surface area is 123 Å². The second kappa shape index (κ2) is 5.96. The van der Waals surface area contributed by atoms with Crippen LogP contribution in [0.4, 0.5) is 0 Å². The van der Waals surface area contributed by atoms with Crippen molar-refractivity contribution in [2.45, 2.75) is 48.8 Å². The lowest BCUT2D eigenvalue weighted by atomic mass is 9.87. The molecule has 20 heavy (non-hydrogen) atoms. The summed E-state index contributed by atoms with van der Waals surface area (Å²) in [4.78, 5) is 0. The van der Waals surface area contributed by atoms with Gasteiger partial charge in [-0.2, -0.15) is 0 Å². The number of hydrogen-bond acceptors (Lipinski definition) is 3. The van der Waals surface area contributed by atoms with Gasteiger partial charge >= 0.3 is 0 Å². The number of nitrogens with one attached hydrogen (secondary N) is 1. The van der Waals surface area contributed by atoms with E-state index in [0.717, 1.165) is 25.9 Å². The summed E-state index contributed by atoms with van der Waals surface area (Å²) in [5.74, 6) is 0. The minimum absolute atomic E-state index is 0.130. The predicted octanol–water partition coefficient (Wildman–Crippen LogP) is 2.19. The van der Waals surface area contributed by atoms with Crippen LogP contribution in [0.15, 0.2) is 24.3 Å². The molecule has 5 atom stereocenters. The van der Waals surface area contributed by atoms with Crippen LogP contribution in [-0.4, -0.2) is 34.5 Å². The average Bonchev–Trinajstić information content (AvgIpc) is 2.91. The van der Waals surface area contributed by atoms with E-state index in [1.54, 1.807) is 0 Å². The van der Waals surface area contributed by atoms with Gasteiger partial charge in [0.05, 0.1) is 16.6 Å². The van der Waals surface area contributed by atoms with Crippen LogP contribution in [0.2, 0.25) is 0 Å². The molecule has 3 nitrogen and oxygen atoms in total. The summed E-state index contributed by atoms with van der Waals surface area (Å²) in [5, 5.41) is 3.79. The molecule has 1 saturated heterocycles. The summed E-state index contributed by atoms with van der Waals surface area (Å²) < 4.78 is 18.6. The van der Waals surface area contributed by atoms with Crippen LogP contribution in [0.5, 0.6) is 0 Å². The third-order valence-corrected chi connectivity index (χ3v) is 6.99. The zero-order chi connectivity index (χ0) is 14.1. The Balaban J connectivity index is 1.85. The lowest BCUT2D eigenvalue weighted by Crippen LogP contribution is -2.41. The maximum Gasteiger partial charge on any atom is 0.0691 e. The van der Waals surface area contributed by atoms with Crippen molar-refractivity contribution in [3.8, 4) is 0 Å². The number of rotatable bonds is 3. The first kappa shape index (κ1) is 14.2. The molecule has 2 aliphatic rings. The van der Waals surface area contributed by atoms with Crippen molar-refractivity contribution in [2.75, 3.05) is 13.7 Å². The normalized spacial score (nSPS) is 34.7. The maximum atomic E-state index is 13.0. The Kier molecular flexibility index (Phi) is 4.24. The third-order valence-electron chi connectivity index (χ3n) is 4.67. The van der Waals surface area contributed by atoms with Gasteiger partial charge in [-0.25, -0.2) is 0 Å². The maximum absolute atomic E-state index is 13.0. The Morgan fingerprint density at radius 2 is 2.05 bits per heavy atom. The predicted molar refractivity (Wildman–Crippen MR) is 82.3 cm³/mol. The molecule has 1 N–H and O–H groups in total. The highest BCUT2D eigenvalue weighted by Crippen LogP contribution is 2.35. The van der Waals surface area contributed by atoms with Crippen LogP contribution < -0.4 is 5.32 Å². The van der Waals surface area contributed by atoms with Gasteiger partial charge in [0.25, 0.3) is 0 Å². The SMILES string of the molecule is CNC1c2ccccc2CCC1S(=O)C1CCOC1C. The summed E-state index contributed by atoms with van der Waals surface area (Å²) >= 11 is 0. The topological polar surface area (TPSA) is 38.3 Å². The molecular weight excluding hydrogens is 270 g/mol. The summed E-state index contributed by atoms with van der Waals surface area (Å²) in [5.41, 5.74) is 2.72. The van der Waals surface area contributed by atoms with Gasteiger partial charge in [0.2, 0.25) is 0 Å². The first-order valence-electron chi connectivity index (χ1n) is 7.48. The third kappa shape index (κ3) is 2.45. The number of aryl methyl sites for hydroxylation is 1. The van der Waals surface area contributed by atoms with Crippen molar-refractivity contribution in [3.05, 3.63) is 35.4 Å². The fourth-order valence-corrected chi connectivity index (χ4v) is 5.70. The molecule has 0 bridgehead atoms. The van der Waals surface area contributed by atoms with Gasteiger partial charge in [0.15, 0.2) is 0 Å². The van der Waals surface area contributed by atoms with Crippen molar-refractivity contribution < 1.29 is 8.95 Å². The Morgan fingerprint density at radius 1 is 1.25 bits per heavy atom. The van der Waals surface area contributed by atoms with E-state index in [1.807, 2.05) is 7.05 Å². The smallest absolute Gasteiger partial charge is 0.0691 e.